The molecule has 2 amide bonds. The number of anilines is 2. The van der Waals surface area contributed by atoms with E-state index in [2.05, 4.69) is 4.90 Å². The Hall–Kier alpha value is -3.03. The third-order valence-corrected chi connectivity index (χ3v) is 5.34. The minimum atomic E-state index is -1.64. The van der Waals surface area contributed by atoms with Gasteiger partial charge in [-0.25, -0.2) is 13.2 Å². The van der Waals surface area contributed by atoms with Gasteiger partial charge in [0, 0.05) is 44.6 Å². The molecule has 2 heterocycles. The van der Waals surface area contributed by atoms with Crippen LogP contribution < -0.4 is 9.80 Å². The van der Waals surface area contributed by atoms with E-state index in [4.69, 9.17) is 0 Å². The second kappa shape index (κ2) is 6.85. The molecule has 28 heavy (non-hydrogen) atoms. The Balaban J connectivity index is 1.46. The number of nitrogens with zero attached hydrogens (tertiary/aromatic N) is 3. The zero-order valence-corrected chi connectivity index (χ0v) is 15.2. The molecule has 1 fully saturated rings. The summed E-state index contributed by atoms with van der Waals surface area (Å²) in [6.45, 7) is 1.68. The molecule has 2 aromatic carbocycles. The van der Waals surface area contributed by atoms with Crippen LogP contribution in [0, 0.1) is 17.5 Å². The van der Waals surface area contributed by atoms with Crippen LogP contribution in [0.15, 0.2) is 30.3 Å². The topological polar surface area (TPSA) is 43.9 Å². The summed E-state index contributed by atoms with van der Waals surface area (Å²) in [5.41, 5.74) is 2.35. The highest BCUT2D eigenvalue weighted by Crippen LogP contribution is 2.31. The predicted molar refractivity (Wildman–Crippen MR) is 98.0 cm³/mol. The quantitative estimate of drug-likeness (QED) is 0.742. The number of hydrogen-bond donors (Lipinski definition) is 0. The van der Waals surface area contributed by atoms with Gasteiger partial charge in [0.15, 0.2) is 17.5 Å². The molecule has 2 aromatic rings. The lowest BCUT2D eigenvalue weighted by Crippen LogP contribution is -2.49. The van der Waals surface area contributed by atoms with Crippen LogP contribution in [0.3, 0.4) is 0 Å². The van der Waals surface area contributed by atoms with E-state index in [1.165, 1.54) is 4.90 Å². The van der Waals surface area contributed by atoms with Crippen molar-refractivity contribution in [3.8, 4) is 0 Å². The second-order valence-corrected chi connectivity index (χ2v) is 6.94. The molecule has 0 bridgehead atoms. The van der Waals surface area contributed by atoms with E-state index in [0.717, 1.165) is 29.1 Å². The Bertz CT molecular complexity index is 971. The molecule has 0 radical (unpaired) electrons. The molecular weight excluding hydrogens is 371 g/mol. The molecule has 0 aliphatic carbocycles. The third kappa shape index (κ3) is 2.98. The van der Waals surface area contributed by atoms with Gasteiger partial charge in [0.2, 0.25) is 5.91 Å². The molecule has 1 saturated heterocycles. The van der Waals surface area contributed by atoms with Gasteiger partial charge in [-0.3, -0.25) is 9.59 Å². The number of fused-ring (bicyclic) bond motifs is 1. The Morgan fingerprint density at radius 2 is 1.68 bits per heavy atom. The number of benzene rings is 2. The Labute approximate surface area is 159 Å². The summed E-state index contributed by atoms with van der Waals surface area (Å²) >= 11 is 0. The molecule has 2 aliphatic heterocycles. The van der Waals surface area contributed by atoms with Gasteiger partial charge in [-0.15, -0.1) is 0 Å². The van der Waals surface area contributed by atoms with Crippen LogP contribution in [0.25, 0.3) is 0 Å². The number of hydrogen-bond acceptors (Lipinski definition) is 3. The lowest BCUT2D eigenvalue weighted by molar-refractivity contribution is -0.117. The van der Waals surface area contributed by atoms with Crippen LogP contribution in [0.1, 0.15) is 15.9 Å². The van der Waals surface area contributed by atoms with Gasteiger partial charge >= 0.3 is 0 Å². The molecule has 0 saturated carbocycles. The second-order valence-electron chi connectivity index (χ2n) is 6.94. The standard InChI is InChI=1S/C20H18F3N3O2/c1-24-16-5-2-13(10-12(16)11-17(24)27)25-6-8-26(9-7-25)20(28)14-3-4-15(21)19(23)18(14)22/h2-5,10H,6-9,11H2,1H3. The van der Waals surface area contributed by atoms with Gasteiger partial charge in [-0.1, -0.05) is 0 Å². The summed E-state index contributed by atoms with van der Waals surface area (Å²) in [5.74, 6) is -5.02. The molecule has 0 unspecified atom stereocenters. The lowest BCUT2D eigenvalue weighted by atomic mass is 10.1. The molecular formula is C20H18F3N3O2. The minimum absolute atomic E-state index is 0.0520. The summed E-state index contributed by atoms with van der Waals surface area (Å²) in [7, 11) is 1.75. The molecule has 8 heteroatoms. The number of carbonyl (C=O) groups excluding carboxylic acids is 2. The highest BCUT2D eigenvalue weighted by atomic mass is 19.2. The largest absolute Gasteiger partial charge is 0.368 e. The van der Waals surface area contributed by atoms with Crippen molar-refractivity contribution in [2.45, 2.75) is 6.42 Å². The van der Waals surface area contributed by atoms with Crippen molar-refractivity contribution in [3.63, 3.8) is 0 Å². The summed E-state index contributed by atoms with van der Waals surface area (Å²) < 4.78 is 40.4. The smallest absolute Gasteiger partial charge is 0.257 e. The van der Waals surface area contributed by atoms with Crippen LogP contribution in [-0.2, 0) is 11.2 Å². The Kier molecular flexibility index (Phi) is 4.49. The molecule has 5 nitrogen and oxygen atoms in total. The number of carbonyl (C=O) groups is 2. The van der Waals surface area contributed by atoms with Crippen molar-refractivity contribution in [3.05, 3.63) is 58.9 Å². The van der Waals surface area contributed by atoms with Crippen molar-refractivity contribution >= 4 is 23.2 Å². The van der Waals surface area contributed by atoms with Gasteiger partial charge in [-0.05, 0) is 35.9 Å². The van der Waals surface area contributed by atoms with Crippen LogP contribution in [0.5, 0.6) is 0 Å². The van der Waals surface area contributed by atoms with Gasteiger partial charge in [-0.2, -0.15) is 0 Å². The lowest BCUT2D eigenvalue weighted by Gasteiger charge is -2.36. The van der Waals surface area contributed by atoms with E-state index in [9.17, 15) is 22.8 Å². The van der Waals surface area contributed by atoms with Crippen molar-refractivity contribution in [2.75, 3.05) is 43.0 Å². The average Bonchev–Trinajstić information content (AvgIpc) is 2.99. The number of likely N-dealkylation sites (N-methyl/N-ethyl adjacent to an activating group) is 1. The molecule has 0 aromatic heterocycles. The SMILES string of the molecule is CN1C(=O)Cc2cc(N3CCN(C(=O)c4ccc(F)c(F)c4F)CC3)ccc21. The number of amides is 2. The van der Waals surface area contributed by atoms with E-state index in [1.807, 2.05) is 18.2 Å². The van der Waals surface area contributed by atoms with Crippen molar-refractivity contribution in [1.82, 2.24) is 4.90 Å². The third-order valence-electron chi connectivity index (χ3n) is 5.34. The van der Waals surface area contributed by atoms with Crippen LogP contribution >= 0.6 is 0 Å². The summed E-state index contributed by atoms with van der Waals surface area (Å²) in [4.78, 5) is 29.5. The fourth-order valence-corrected chi connectivity index (χ4v) is 3.68. The maximum absolute atomic E-state index is 13.9. The highest BCUT2D eigenvalue weighted by Gasteiger charge is 2.28. The predicted octanol–water partition coefficient (Wildman–Crippen LogP) is 2.59. The van der Waals surface area contributed by atoms with E-state index in [0.29, 0.717) is 32.6 Å². The molecule has 0 N–H and O–H groups in total. The van der Waals surface area contributed by atoms with Gasteiger partial charge < -0.3 is 14.7 Å². The van der Waals surface area contributed by atoms with E-state index < -0.39 is 28.9 Å². The van der Waals surface area contributed by atoms with Crippen molar-refractivity contribution in [1.29, 1.82) is 0 Å². The summed E-state index contributed by atoms with van der Waals surface area (Å²) in [6, 6.07) is 7.54. The maximum Gasteiger partial charge on any atom is 0.257 e. The van der Waals surface area contributed by atoms with E-state index in [-0.39, 0.29) is 5.91 Å². The molecule has 2 aliphatic rings. The Morgan fingerprint density at radius 3 is 2.39 bits per heavy atom. The van der Waals surface area contributed by atoms with Crippen LogP contribution in [0.4, 0.5) is 24.5 Å². The number of halogens is 3. The number of rotatable bonds is 2. The first-order chi connectivity index (χ1) is 13.4. The van der Waals surface area contributed by atoms with Gasteiger partial charge in [0.1, 0.15) is 0 Å². The Morgan fingerprint density at radius 1 is 0.964 bits per heavy atom. The highest BCUT2D eigenvalue weighted by molar-refractivity contribution is 6.01. The minimum Gasteiger partial charge on any atom is -0.368 e. The van der Waals surface area contributed by atoms with Gasteiger partial charge in [0.05, 0.1) is 12.0 Å². The zero-order chi connectivity index (χ0) is 20.0. The summed E-state index contributed by atoms with van der Waals surface area (Å²) in [6.07, 6.45) is 0.369. The fraction of sp³-hybridized carbons (Fsp3) is 0.300. The molecule has 0 atom stereocenters. The maximum atomic E-state index is 13.9. The van der Waals surface area contributed by atoms with Crippen LogP contribution in [-0.4, -0.2) is 49.9 Å². The number of piperazine rings is 1. The fourth-order valence-electron chi connectivity index (χ4n) is 3.68. The first-order valence-electron chi connectivity index (χ1n) is 8.94. The average molecular weight is 389 g/mol. The molecule has 4 rings (SSSR count). The molecule has 0 spiro atoms. The van der Waals surface area contributed by atoms with Crippen LogP contribution in [0.2, 0.25) is 0 Å². The van der Waals surface area contributed by atoms with Gasteiger partial charge in [0.25, 0.3) is 5.91 Å². The molecule has 146 valence electrons. The van der Waals surface area contributed by atoms with E-state index >= 15 is 0 Å². The van der Waals surface area contributed by atoms with E-state index in [1.54, 1.807) is 11.9 Å². The first kappa shape index (κ1) is 18.3. The normalized spacial score (nSPS) is 16.6. The zero-order valence-electron chi connectivity index (χ0n) is 15.2. The van der Waals surface area contributed by atoms with Crippen molar-refractivity contribution in [2.24, 2.45) is 0 Å². The first-order valence-corrected chi connectivity index (χ1v) is 8.94. The summed E-state index contributed by atoms with van der Waals surface area (Å²) in [5, 5.41) is 0. The van der Waals surface area contributed by atoms with Crippen molar-refractivity contribution < 1.29 is 22.8 Å². The monoisotopic (exact) mass is 389 g/mol.